The first kappa shape index (κ1) is 16.1. The van der Waals surface area contributed by atoms with Gasteiger partial charge in [-0.3, -0.25) is 4.90 Å². The van der Waals surface area contributed by atoms with Gasteiger partial charge in [-0.2, -0.15) is 8.42 Å². The molecule has 0 N–H and O–H groups in total. The average molecular weight is 312 g/mol. The van der Waals surface area contributed by atoms with Crippen LogP contribution in [-0.2, 0) is 10.1 Å². The van der Waals surface area contributed by atoms with Gasteiger partial charge in [0, 0.05) is 37.4 Å². The van der Waals surface area contributed by atoms with Gasteiger partial charge in [-0.1, -0.05) is 13.0 Å². The Morgan fingerprint density at radius 1 is 1.19 bits per heavy atom. The molecule has 1 aliphatic rings. The highest BCUT2D eigenvalue weighted by molar-refractivity contribution is 7.86. The highest BCUT2D eigenvalue weighted by Gasteiger charge is 2.19. The zero-order valence-corrected chi connectivity index (χ0v) is 13.8. The SMILES string of the molecule is CCCN1CCN(c2cccc(OS(C)(=O)=O)c2C)CC1. The molecule has 1 aromatic rings. The topological polar surface area (TPSA) is 49.9 Å². The van der Waals surface area contributed by atoms with Gasteiger partial charge in [-0.15, -0.1) is 0 Å². The summed E-state index contributed by atoms with van der Waals surface area (Å²) in [5, 5.41) is 0. The summed E-state index contributed by atoms with van der Waals surface area (Å²) in [4.78, 5) is 4.76. The molecule has 0 atom stereocenters. The van der Waals surface area contributed by atoms with E-state index in [1.165, 1.54) is 6.42 Å². The van der Waals surface area contributed by atoms with Gasteiger partial charge in [0.25, 0.3) is 0 Å². The van der Waals surface area contributed by atoms with E-state index in [-0.39, 0.29) is 0 Å². The van der Waals surface area contributed by atoms with Crippen molar-refractivity contribution in [2.24, 2.45) is 0 Å². The second-order valence-corrected chi connectivity index (χ2v) is 7.09. The van der Waals surface area contributed by atoms with Gasteiger partial charge >= 0.3 is 10.1 Å². The molecule has 0 bridgehead atoms. The van der Waals surface area contributed by atoms with Crippen molar-refractivity contribution >= 4 is 15.8 Å². The van der Waals surface area contributed by atoms with E-state index in [2.05, 4.69) is 16.7 Å². The molecule has 1 saturated heterocycles. The molecule has 118 valence electrons. The fourth-order valence-corrected chi connectivity index (χ4v) is 3.23. The van der Waals surface area contributed by atoms with Crippen LogP contribution < -0.4 is 9.08 Å². The molecule has 0 aliphatic carbocycles. The van der Waals surface area contributed by atoms with Crippen LogP contribution in [0.15, 0.2) is 18.2 Å². The molecule has 1 aromatic carbocycles. The Morgan fingerprint density at radius 3 is 2.43 bits per heavy atom. The number of piperazine rings is 1. The van der Waals surface area contributed by atoms with Gasteiger partial charge in [0.05, 0.1) is 6.26 Å². The number of rotatable bonds is 5. The van der Waals surface area contributed by atoms with E-state index in [9.17, 15) is 8.42 Å². The standard InChI is InChI=1S/C15H24N2O3S/c1-4-8-16-9-11-17(12-10-16)14-6-5-7-15(13(14)2)20-21(3,18)19/h5-7H,4,8-12H2,1-3H3. The average Bonchev–Trinajstić information content (AvgIpc) is 2.41. The first-order valence-corrected chi connectivity index (χ1v) is 9.18. The smallest absolute Gasteiger partial charge is 0.306 e. The van der Waals surface area contributed by atoms with Crippen LogP contribution in [0.2, 0.25) is 0 Å². The van der Waals surface area contributed by atoms with Gasteiger partial charge in [-0.25, -0.2) is 0 Å². The molecule has 1 aliphatic heterocycles. The fourth-order valence-electron chi connectivity index (χ4n) is 2.73. The lowest BCUT2D eigenvalue weighted by Crippen LogP contribution is -2.46. The molecule has 0 aromatic heterocycles. The predicted molar refractivity (Wildman–Crippen MR) is 85.6 cm³/mol. The van der Waals surface area contributed by atoms with Crippen LogP contribution >= 0.6 is 0 Å². The number of anilines is 1. The van der Waals surface area contributed by atoms with Crippen LogP contribution in [-0.4, -0.2) is 52.3 Å². The van der Waals surface area contributed by atoms with E-state index in [1.807, 2.05) is 19.1 Å². The second-order valence-electron chi connectivity index (χ2n) is 5.52. The number of hydrogen-bond donors (Lipinski definition) is 0. The van der Waals surface area contributed by atoms with Crippen LogP contribution in [0, 0.1) is 6.92 Å². The van der Waals surface area contributed by atoms with Gasteiger partial charge < -0.3 is 9.08 Å². The lowest BCUT2D eigenvalue weighted by atomic mass is 10.1. The number of benzene rings is 1. The maximum atomic E-state index is 11.3. The minimum atomic E-state index is -3.49. The van der Waals surface area contributed by atoms with Crippen molar-refractivity contribution in [2.75, 3.05) is 43.9 Å². The summed E-state index contributed by atoms with van der Waals surface area (Å²) in [7, 11) is -3.49. The largest absolute Gasteiger partial charge is 0.382 e. The zero-order valence-electron chi connectivity index (χ0n) is 13.0. The summed E-state index contributed by atoms with van der Waals surface area (Å²) < 4.78 is 27.7. The number of hydrogen-bond acceptors (Lipinski definition) is 5. The predicted octanol–water partition coefficient (Wildman–Crippen LogP) is 1.87. The summed E-state index contributed by atoms with van der Waals surface area (Å²) in [5.74, 6) is 0.422. The van der Waals surface area contributed by atoms with E-state index in [0.29, 0.717) is 5.75 Å². The molecule has 1 fully saturated rings. The van der Waals surface area contributed by atoms with Gasteiger partial charge in [0.1, 0.15) is 5.75 Å². The highest BCUT2D eigenvalue weighted by atomic mass is 32.2. The van der Waals surface area contributed by atoms with Gasteiger partial charge in [0.2, 0.25) is 0 Å². The molecule has 5 nitrogen and oxygen atoms in total. The Hall–Kier alpha value is -1.27. The Balaban J connectivity index is 2.13. The van der Waals surface area contributed by atoms with Crippen LogP contribution in [0.5, 0.6) is 5.75 Å². The maximum absolute atomic E-state index is 11.3. The summed E-state index contributed by atoms with van der Waals surface area (Å²) in [6.07, 6.45) is 2.25. The summed E-state index contributed by atoms with van der Waals surface area (Å²) in [6.45, 7) is 9.27. The first-order chi connectivity index (χ1) is 9.90. The third-order valence-electron chi connectivity index (χ3n) is 3.75. The minimum Gasteiger partial charge on any atom is -0.382 e. The van der Waals surface area contributed by atoms with Crippen LogP contribution in [0.25, 0.3) is 0 Å². The van der Waals surface area contributed by atoms with Crippen molar-refractivity contribution in [1.82, 2.24) is 4.90 Å². The Bertz CT molecular complexity index is 579. The third kappa shape index (κ3) is 4.35. The molecule has 6 heteroatoms. The normalized spacial score (nSPS) is 17.0. The molecule has 0 spiro atoms. The lowest BCUT2D eigenvalue weighted by Gasteiger charge is -2.36. The van der Waals surface area contributed by atoms with E-state index in [0.717, 1.165) is 50.2 Å². The molecule has 1 heterocycles. The minimum absolute atomic E-state index is 0.422. The van der Waals surface area contributed by atoms with E-state index in [1.54, 1.807) is 6.07 Å². The van der Waals surface area contributed by atoms with Crippen molar-refractivity contribution in [3.63, 3.8) is 0 Å². The van der Waals surface area contributed by atoms with E-state index < -0.39 is 10.1 Å². The molecule has 2 rings (SSSR count). The lowest BCUT2D eigenvalue weighted by molar-refractivity contribution is 0.258. The number of nitrogens with zero attached hydrogens (tertiary/aromatic N) is 2. The van der Waals surface area contributed by atoms with Crippen LogP contribution in [0.3, 0.4) is 0 Å². The Morgan fingerprint density at radius 2 is 1.86 bits per heavy atom. The molecule has 0 amide bonds. The summed E-state index contributed by atoms with van der Waals surface area (Å²) in [6, 6.07) is 5.58. The van der Waals surface area contributed by atoms with Crippen molar-refractivity contribution in [3.05, 3.63) is 23.8 Å². The van der Waals surface area contributed by atoms with E-state index in [4.69, 9.17) is 4.18 Å². The molecular weight excluding hydrogens is 288 g/mol. The molecule has 0 unspecified atom stereocenters. The highest BCUT2D eigenvalue weighted by Crippen LogP contribution is 2.29. The zero-order chi connectivity index (χ0) is 15.5. The monoisotopic (exact) mass is 312 g/mol. The summed E-state index contributed by atoms with van der Waals surface area (Å²) >= 11 is 0. The van der Waals surface area contributed by atoms with Crippen molar-refractivity contribution < 1.29 is 12.6 Å². The van der Waals surface area contributed by atoms with Crippen LogP contribution in [0.4, 0.5) is 5.69 Å². The maximum Gasteiger partial charge on any atom is 0.306 e. The van der Waals surface area contributed by atoms with Gasteiger partial charge in [-0.05, 0) is 32.0 Å². The van der Waals surface area contributed by atoms with Crippen molar-refractivity contribution in [2.45, 2.75) is 20.3 Å². The Labute approximate surface area is 127 Å². The second kappa shape index (κ2) is 6.66. The quantitative estimate of drug-likeness (QED) is 0.777. The fraction of sp³-hybridized carbons (Fsp3) is 0.600. The Kier molecular flexibility index (Phi) is 5.11. The molecule has 0 saturated carbocycles. The summed E-state index contributed by atoms with van der Waals surface area (Å²) in [5.41, 5.74) is 1.94. The van der Waals surface area contributed by atoms with E-state index >= 15 is 0 Å². The molecule has 21 heavy (non-hydrogen) atoms. The molecular formula is C15H24N2O3S. The van der Waals surface area contributed by atoms with Crippen molar-refractivity contribution in [1.29, 1.82) is 0 Å². The third-order valence-corrected chi connectivity index (χ3v) is 4.23. The van der Waals surface area contributed by atoms with Crippen molar-refractivity contribution in [3.8, 4) is 5.75 Å². The van der Waals surface area contributed by atoms with Crippen LogP contribution in [0.1, 0.15) is 18.9 Å². The molecule has 0 radical (unpaired) electrons. The first-order valence-electron chi connectivity index (χ1n) is 7.37. The van der Waals surface area contributed by atoms with Gasteiger partial charge in [0.15, 0.2) is 0 Å².